The van der Waals surface area contributed by atoms with E-state index in [1.54, 1.807) is 0 Å². The second kappa shape index (κ2) is 15.9. The minimum absolute atomic E-state index is 0.545. The average Bonchev–Trinajstić information content (AvgIpc) is 3.67. The highest BCUT2D eigenvalue weighted by molar-refractivity contribution is 6.04. The first-order valence-corrected chi connectivity index (χ1v) is 21.4. The van der Waals surface area contributed by atoms with E-state index in [9.17, 15) is 0 Å². The lowest BCUT2D eigenvalue weighted by molar-refractivity contribution is 0.768. The summed E-state index contributed by atoms with van der Waals surface area (Å²) >= 11 is 0. The molecule has 0 saturated carbocycles. The van der Waals surface area contributed by atoms with Gasteiger partial charge in [0.25, 0.3) is 0 Å². The summed E-state index contributed by atoms with van der Waals surface area (Å²) in [5, 5.41) is 0. The summed E-state index contributed by atoms with van der Waals surface area (Å²) in [7, 11) is 0. The van der Waals surface area contributed by atoms with Crippen molar-refractivity contribution in [2.75, 3.05) is 4.90 Å². The van der Waals surface area contributed by atoms with Crippen LogP contribution in [0.4, 0.5) is 17.1 Å². The first-order valence-electron chi connectivity index (χ1n) is 21.4. The third-order valence-electron chi connectivity index (χ3n) is 12.6. The van der Waals surface area contributed by atoms with E-state index in [1.807, 2.05) is 0 Å². The van der Waals surface area contributed by atoms with Gasteiger partial charge in [0, 0.05) is 16.8 Å². The number of fused-ring (bicyclic) bond motifs is 3. The van der Waals surface area contributed by atoms with Gasteiger partial charge in [-0.3, -0.25) is 0 Å². The van der Waals surface area contributed by atoms with Crippen molar-refractivity contribution < 1.29 is 0 Å². The summed E-state index contributed by atoms with van der Waals surface area (Å²) in [6.07, 6.45) is 0. The summed E-state index contributed by atoms with van der Waals surface area (Å²) in [6.45, 7) is 0. The monoisotopic (exact) mass is 789 g/mol. The van der Waals surface area contributed by atoms with Crippen molar-refractivity contribution in [2.24, 2.45) is 0 Å². The van der Waals surface area contributed by atoms with Gasteiger partial charge in [-0.2, -0.15) is 0 Å². The second-order valence-electron chi connectivity index (χ2n) is 16.0. The van der Waals surface area contributed by atoms with Gasteiger partial charge < -0.3 is 4.90 Å². The molecule has 0 aromatic heterocycles. The smallest absolute Gasteiger partial charge is 0.0714 e. The van der Waals surface area contributed by atoms with Crippen LogP contribution in [0.25, 0.3) is 55.6 Å². The first-order chi connectivity index (χ1) is 30.8. The highest BCUT2D eigenvalue weighted by atomic mass is 15.1. The van der Waals surface area contributed by atoms with Crippen molar-refractivity contribution >= 4 is 17.1 Å². The molecule has 292 valence electrons. The number of nitrogens with zero attached hydrogens (tertiary/aromatic N) is 1. The maximum Gasteiger partial charge on any atom is 0.0714 e. The van der Waals surface area contributed by atoms with E-state index >= 15 is 0 Å². The Morgan fingerprint density at radius 2 is 0.677 bits per heavy atom. The lowest BCUT2D eigenvalue weighted by atomic mass is 9.68. The third kappa shape index (κ3) is 6.17. The zero-order valence-corrected chi connectivity index (χ0v) is 34.3. The average molecular weight is 790 g/mol. The maximum absolute atomic E-state index is 2.54. The Morgan fingerprint density at radius 3 is 1.31 bits per heavy atom. The minimum Gasteiger partial charge on any atom is -0.309 e. The van der Waals surface area contributed by atoms with Gasteiger partial charge in [-0.05, 0) is 91.0 Å². The molecule has 10 aromatic carbocycles. The van der Waals surface area contributed by atoms with Crippen molar-refractivity contribution in [1.29, 1.82) is 0 Å². The zero-order valence-electron chi connectivity index (χ0n) is 34.3. The zero-order chi connectivity index (χ0) is 41.3. The first kappa shape index (κ1) is 37.0. The Bertz CT molecular complexity index is 3120. The summed E-state index contributed by atoms with van der Waals surface area (Å²) in [5.74, 6) is 0. The SMILES string of the molecule is c1ccc(-c2cccc(N(c3cccc(-c4ccccc4)c3-c3ccccc3-c3ccccc3)c3cccc4c3-c3ccccc3C4(c3ccccc3)c3ccccc3)c2)cc1. The Balaban J connectivity index is 1.27. The number of hydrogen-bond acceptors (Lipinski definition) is 1. The Hall–Kier alpha value is -8.00. The molecule has 0 atom stereocenters. The highest BCUT2D eigenvalue weighted by Gasteiger charge is 2.47. The van der Waals surface area contributed by atoms with Crippen molar-refractivity contribution in [2.45, 2.75) is 5.41 Å². The van der Waals surface area contributed by atoms with Crippen LogP contribution in [-0.4, -0.2) is 0 Å². The van der Waals surface area contributed by atoms with Crippen LogP contribution in [0.1, 0.15) is 22.3 Å². The molecule has 0 heterocycles. The van der Waals surface area contributed by atoms with E-state index in [1.165, 1.54) is 72.3 Å². The Labute approximate surface area is 364 Å². The fourth-order valence-corrected chi connectivity index (χ4v) is 9.96. The summed E-state index contributed by atoms with van der Waals surface area (Å²) in [6, 6.07) is 95.4. The third-order valence-corrected chi connectivity index (χ3v) is 12.6. The topological polar surface area (TPSA) is 3.24 Å². The van der Waals surface area contributed by atoms with Crippen LogP contribution in [0.5, 0.6) is 0 Å². The Kier molecular flexibility index (Phi) is 9.48. The van der Waals surface area contributed by atoms with E-state index in [2.05, 4.69) is 266 Å². The molecule has 1 nitrogen and oxygen atoms in total. The number of benzene rings is 10. The van der Waals surface area contributed by atoms with Gasteiger partial charge in [-0.15, -0.1) is 0 Å². The van der Waals surface area contributed by atoms with Crippen molar-refractivity contribution in [3.05, 3.63) is 283 Å². The highest BCUT2D eigenvalue weighted by Crippen LogP contribution is 2.60. The van der Waals surface area contributed by atoms with E-state index in [-0.39, 0.29) is 0 Å². The number of rotatable bonds is 9. The van der Waals surface area contributed by atoms with E-state index in [4.69, 9.17) is 0 Å². The molecule has 0 N–H and O–H groups in total. The molecule has 1 heteroatoms. The quantitative estimate of drug-likeness (QED) is 0.141. The molecular weight excluding hydrogens is 747 g/mol. The van der Waals surface area contributed by atoms with E-state index in [0.29, 0.717) is 0 Å². The molecule has 0 spiro atoms. The molecule has 62 heavy (non-hydrogen) atoms. The summed E-state index contributed by atoms with van der Waals surface area (Å²) < 4.78 is 0. The fraction of sp³-hybridized carbons (Fsp3) is 0.0164. The molecule has 0 amide bonds. The summed E-state index contributed by atoms with van der Waals surface area (Å²) in [5.41, 5.74) is 19.7. The largest absolute Gasteiger partial charge is 0.309 e. The van der Waals surface area contributed by atoms with Gasteiger partial charge in [0.1, 0.15) is 0 Å². The predicted octanol–water partition coefficient (Wildman–Crippen LogP) is 16.2. The van der Waals surface area contributed by atoms with Crippen molar-refractivity contribution in [3.63, 3.8) is 0 Å². The Morgan fingerprint density at radius 1 is 0.258 bits per heavy atom. The molecule has 0 fully saturated rings. The number of anilines is 3. The van der Waals surface area contributed by atoms with Crippen LogP contribution in [0.15, 0.2) is 261 Å². The van der Waals surface area contributed by atoms with Gasteiger partial charge in [0.15, 0.2) is 0 Å². The molecule has 0 saturated heterocycles. The molecule has 0 bridgehead atoms. The lowest BCUT2D eigenvalue weighted by Crippen LogP contribution is -2.28. The summed E-state index contributed by atoms with van der Waals surface area (Å²) in [4.78, 5) is 2.54. The molecular formula is C61H43N. The van der Waals surface area contributed by atoms with Crippen molar-refractivity contribution in [1.82, 2.24) is 0 Å². The molecule has 1 aliphatic rings. The van der Waals surface area contributed by atoms with Gasteiger partial charge >= 0.3 is 0 Å². The van der Waals surface area contributed by atoms with Gasteiger partial charge in [0.2, 0.25) is 0 Å². The van der Waals surface area contributed by atoms with Crippen LogP contribution in [0.2, 0.25) is 0 Å². The van der Waals surface area contributed by atoms with Gasteiger partial charge in [-0.1, -0.05) is 237 Å². The maximum atomic E-state index is 2.54. The normalized spacial score (nSPS) is 12.3. The van der Waals surface area contributed by atoms with Crippen LogP contribution in [-0.2, 0) is 5.41 Å². The molecule has 11 rings (SSSR count). The molecule has 10 aromatic rings. The molecule has 0 radical (unpaired) electrons. The molecule has 0 unspecified atom stereocenters. The molecule has 0 aliphatic heterocycles. The minimum atomic E-state index is -0.545. The van der Waals surface area contributed by atoms with Crippen LogP contribution in [0.3, 0.4) is 0 Å². The van der Waals surface area contributed by atoms with Crippen LogP contribution < -0.4 is 4.90 Å². The standard InChI is InChI=1S/C61H43N/c1-6-23-44(24-7-1)47-29-20-34-50(43-47)62(57-41-21-38-52(46-27-10-3-11-28-46)59(57)53-36-17-16-35-51(53)45-25-8-2-9-26-45)58-42-22-40-56-60(58)54-37-18-19-39-55(54)61(56,48-30-12-4-13-31-48)49-32-14-5-15-33-49/h1-43H. The fourth-order valence-electron chi connectivity index (χ4n) is 9.96. The second-order valence-corrected chi connectivity index (χ2v) is 16.0. The number of hydrogen-bond donors (Lipinski definition) is 0. The van der Waals surface area contributed by atoms with Gasteiger partial charge in [0.05, 0.1) is 16.8 Å². The van der Waals surface area contributed by atoms with Crippen LogP contribution >= 0.6 is 0 Å². The predicted molar refractivity (Wildman–Crippen MR) is 260 cm³/mol. The molecule has 1 aliphatic carbocycles. The van der Waals surface area contributed by atoms with E-state index in [0.717, 1.165) is 22.6 Å². The lowest BCUT2D eigenvalue weighted by Gasteiger charge is -2.35. The van der Waals surface area contributed by atoms with Gasteiger partial charge in [-0.25, -0.2) is 0 Å². The van der Waals surface area contributed by atoms with E-state index < -0.39 is 5.41 Å². The van der Waals surface area contributed by atoms with Crippen molar-refractivity contribution in [3.8, 4) is 55.6 Å². The van der Waals surface area contributed by atoms with Crippen LogP contribution in [0, 0.1) is 0 Å².